The van der Waals surface area contributed by atoms with Gasteiger partial charge in [0.05, 0.1) is 16.7 Å². The number of para-hydroxylation sites is 1. The molecule has 0 spiro atoms. The van der Waals surface area contributed by atoms with Gasteiger partial charge in [-0.3, -0.25) is 9.59 Å². The number of thioether (sulfide) groups is 1. The summed E-state index contributed by atoms with van der Waals surface area (Å²) in [7, 11) is 0. The second-order valence-corrected chi connectivity index (χ2v) is 7.35. The summed E-state index contributed by atoms with van der Waals surface area (Å²) >= 11 is 1.22. The highest BCUT2D eigenvalue weighted by atomic mass is 32.2. The number of hydrogen-bond donors (Lipinski definition) is 0. The summed E-state index contributed by atoms with van der Waals surface area (Å²) in [5, 5.41) is 0.932. The summed E-state index contributed by atoms with van der Waals surface area (Å²) in [5.74, 6) is 0.529. The molecule has 0 aliphatic heterocycles. The lowest BCUT2D eigenvalue weighted by Gasteiger charge is -2.19. The number of pyridine rings is 1. The largest absolute Gasteiger partial charge is 0.335 e. The summed E-state index contributed by atoms with van der Waals surface area (Å²) in [5.41, 5.74) is 1.37. The van der Waals surface area contributed by atoms with E-state index in [1.165, 1.54) is 16.3 Å². The fourth-order valence-corrected chi connectivity index (χ4v) is 3.71. The number of carbonyl (C=O) groups excluding carboxylic acids is 1. The molecule has 0 fully saturated rings. The number of benzene rings is 1. The molecule has 2 heterocycles. The van der Waals surface area contributed by atoms with Gasteiger partial charge < -0.3 is 4.90 Å². The first kappa shape index (κ1) is 20.5. The summed E-state index contributed by atoms with van der Waals surface area (Å²) in [6, 6.07) is 10.8. The van der Waals surface area contributed by atoms with Crippen molar-refractivity contribution in [1.82, 2.24) is 19.4 Å². The van der Waals surface area contributed by atoms with Crippen LogP contribution in [0.5, 0.6) is 0 Å². The van der Waals surface area contributed by atoms with E-state index < -0.39 is 0 Å². The average Bonchev–Trinajstić information content (AvgIpc) is 2.73. The predicted octanol–water partition coefficient (Wildman–Crippen LogP) is 3.38. The first-order chi connectivity index (χ1) is 14.0. The third-order valence-corrected chi connectivity index (χ3v) is 5.17. The number of rotatable bonds is 8. The second kappa shape index (κ2) is 9.34. The predicted molar refractivity (Wildman–Crippen MR) is 118 cm³/mol. The number of aromatic nitrogens is 3. The second-order valence-electron chi connectivity index (χ2n) is 6.41. The quantitative estimate of drug-likeness (QED) is 0.326. The topological polar surface area (TPSA) is 68.1 Å². The maximum Gasteiger partial charge on any atom is 0.267 e. The molecule has 148 valence electrons. The van der Waals surface area contributed by atoms with Gasteiger partial charge in [0.2, 0.25) is 5.91 Å². The Morgan fingerprint density at radius 2 is 1.90 bits per heavy atom. The van der Waals surface area contributed by atoms with Gasteiger partial charge in [-0.25, -0.2) is 14.5 Å². The van der Waals surface area contributed by atoms with Crippen LogP contribution in [-0.2, 0) is 4.79 Å². The van der Waals surface area contributed by atoms with Crippen molar-refractivity contribution in [3.8, 4) is 5.82 Å². The van der Waals surface area contributed by atoms with Crippen LogP contribution in [0.4, 0.5) is 0 Å². The lowest BCUT2D eigenvalue weighted by molar-refractivity contribution is -0.127. The molecule has 0 saturated carbocycles. The Bertz CT molecular complexity index is 1100. The minimum absolute atomic E-state index is 0.0828. The maximum atomic E-state index is 13.2. The van der Waals surface area contributed by atoms with E-state index in [0.29, 0.717) is 35.0 Å². The molecule has 0 radical (unpaired) electrons. The number of nitrogens with zero attached hydrogens (tertiary/aromatic N) is 4. The maximum absolute atomic E-state index is 13.2. The molecule has 29 heavy (non-hydrogen) atoms. The smallest absolute Gasteiger partial charge is 0.267 e. The van der Waals surface area contributed by atoms with Gasteiger partial charge in [0.1, 0.15) is 5.82 Å². The Kier molecular flexibility index (Phi) is 6.61. The fraction of sp³-hybridized carbons (Fsp3) is 0.182. The van der Waals surface area contributed by atoms with Crippen molar-refractivity contribution in [3.63, 3.8) is 0 Å². The third kappa shape index (κ3) is 4.63. The standard InChI is InChI=1S/C22H22N4O2S/c1-4-12-25(13-5-2)20(27)15-29-22-24-18-9-7-6-8-17(18)21(28)26(22)19-11-10-16(3)14-23-19/h4-11,14H,1-2,12-13,15H2,3H3. The van der Waals surface area contributed by atoms with E-state index in [-0.39, 0.29) is 17.2 Å². The van der Waals surface area contributed by atoms with Crippen LogP contribution in [0.15, 0.2) is 77.9 Å². The van der Waals surface area contributed by atoms with E-state index in [1.54, 1.807) is 47.5 Å². The molecule has 2 aromatic heterocycles. The van der Waals surface area contributed by atoms with Crippen LogP contribution >= 0.6 is 11.8 Å². The lowest BCUT2D eigenvalue weighted by atomic mass is 10.2. The first-order valence-corrected chi connectivity index (χ1v) is 10.1. The fourth-order valence-electron chi connectivity index (χ4n) is 2.81. The van der Waals surface area contributed by atoms with Crippen molar-refractivity contribution in [2.45, 2.75) is 12.1 Å². The van der Waals surface area contributed by atoms with Gasteiger partial charge in [0, 0.05) is 19.3 Å². The van der Waals surface area contributed by atoms with Gasteiger partial charge in [-0.2, -0.15) is 0 Å². The van der Waals surface area contributed by atoms with E-state index in [4.69, 9.17) is 0 Å². The molecule has 0 aliphatic rings. The molecule has 1 amide bonds. The average molecular weight is 407 g/mol. The molecular weight excluding hydrogens is 384 g/mol. The van der Waals surface area contributed by atoms with Crippen molar-refractivity contribution >= 4 is 28.6 Å². The Labute approximate surface area is 173 Å². The van der Waals surface area contributed by atoms with E-state index in [2.05, 4.69) is 23.1 Å². The van der Waals surface area contributed by atoms with E-state index >= 15 is 0 Å². The van der Waals surface area contributed by atoms with E-state index in [9.17, 15) is 9.59 Å². The summed E-state index contributed by atoms with van der Waals surface area (Å²) < 4.78 is 1.46. The SMILES string of the molecule is C=CCN(CC=C)C(=O)CSc1nc2ccccc2c(=O)n1-c1ccc(C)cn1. The lowest BCUT2D eigenvalue weighted by Crippen LogP contribution is -2.33. The van der Waals surface area contributed by atoms with Crippen LogP contribution in [0, 0.1) is 6.92 Å². The number of aryl methyl sites for hydroxylation is 1. The van der Waals surface area contributed by atoms with E-state index in [1.807, 2.05) is 19.1 Å². The van der Waals surface area contributed by atoms with Crippen molar-refractivity contribution in [3.05, 3.63) is 83.8 Å². The van der Waals surface area contributed by atoms with Gasteiger partial charge >= 0.3 is 0 Å². The number of hydrogen-bond acceptors (Lipinski definition) is 5. The van der Waals surface area contributed by atoms with E-state index in [0.717, 1.165) is 5.56 Å². The van der Waals surface area contributed by atoms with Crippen LogP contribution in [0.25, 0.3) is 16.7 Å². The monoisotopic (exact) mass is 406 g/mol. The van der Waals surface area contributed by atoms with Gasteiger partial charge in [0.15, 0.2) is 5.16 Å². The molecule has 0 saturated heterocycles. The van der Waals surface area contributed by atoms with Gasteiger partial charge in [0.25, 0.3) is 5.56 Å². The molecule has 3 rings (SSSR count). The molecule has 0 bridgehead atoms. The van der Waals surface area contributed by atoms with Crippen LogP contribution < -0.4 is 5.56 Å². The number of carbonyl (C=O) groups is 1. The molecule has 7 heteroatoms. The molecule has 0 N–H and O–H groups in total. The van der Waals surface area contributed by atoms with Crippen LogP contribution in [0.3, 0.4) is 0 Å². The van der Waals surface area contributed by atoms with Crippen molar-refractivity contribution in [1.29, 1.82) is 0 Å². The molecule has 3 aromatic rings. The zero-order valence-electron chi connectivity index (χ0n) is 16.2. The molecule has 0 unspecified atom stereocenters. The van der Waals surface area contributed by atoms with Crippen molar-refractivity contribution in [2.75, 3.05) is 18.8 Å². The van der Waals surface area contributed by atoms with Crippen molar-refractivity contribution in [2.24, 2.45) is 0 Å². The molecule has 0 atom stereocenters. The Morgan fingerprint density at radius 3 is 2.55 bits per heavy atom. The van der Waals surface area contributed by atoms with Crippen LogP contribution in [-0.4, -0.2) is 44.2 Å². The summed E-state index contributed by atoms with van der Waals surface area (Å²) in [6.07, 6.45) is 5.05. The molecular formula is C22H22N4O2S. The van der Waals surface area contributed by atoms with Crippen molar-refractivity contribution < 1.29 is 4.79 Å². The zero-order chi connectivity index (χ0) is 20.8. The minimum Gasteiger partial charge on any atom is -0.335 e. The highest BCUT2D eigenvalue weighted by molar-refractivity contribution is 7.99. The third-order valence-electron chi connectivity index (χ3n) is 4.25. The summed E-state index contributed by atoms with van der Waals surface area (Å²) in [6.45, 7) is 10.2. The Hall–Kier alpha value is -3.19. The minimum atomic E-state index is -0.212. The first-order valence-electron chi connectivity index (χ1n) is 9.12. The highest BCUT2D eigenvalue weighted by Gasteiger charge is 2.17. The zero-order valence-corrected chi connectivity index (χ0v) is 17.1. The normalized spacial score (nSPS) is 10.7. The van der Waals surface area contributed by atoms with Crippen LogP contribution in [0.2, 0.25) is 0 Å². The van der Waals surface area contributed by atoms with Gasteiger partial charge in [-0.05, 0) is 30.7 Å². The molecule has 6 nitrogen and oxygen atoms in total. The summed E-state index contributed by atoms with van der Waals surface area (Å²) in [4.78, 5) is 36.4. The molecule has 0 aliphatic carbocycles. The Morgan fingerprint density at radius 1 is 1.17 bits per heavy atom. The van der Waals surface area contributed by atoms with Crippen LogP contribution in [0.1, 0.15) is 5.56 Å². The highest BCUT2D eigenvalue weighted by Crippen LogP contribution is 2.21. The molecule has 1 aromatic carbocycles. The van der Waals surface area contributed by atoms with Gasteiger partial charge in [-0.1, -0.05) is 42.1 Å². The van der Waals surface area contributed by atoms with Gasteiger partial charge in [-0.15, -0.1) is 13.2 Å². The number of fused-ring (bicyclic) bond motifs is 1. The Balaban J connectivity index is 2.01. The number of amides is 1.